The van der Waals surface area contributed by atoms with Crippen LogP contribution < -0.4 is 16.0 Å². The number of nitrogens with zero attached hydrogens (tertiary/aromatic N) is 2. The highest BCUT2D eigenvalue weighted by molar-refractivity contribution is 5.83. The number of fused-ring (bicyclic) bond motifs is 1. The van der Waals surface area contributed by atoms with E-state index in [1.165, 1.54) is 0 Å². The molecule has 2 heterocycles. The number of benzene rings is 1. The maximum Gasteiger partial charge on any atom is 0.298 e. The lowest BCUT2D eigenvalue weighted by molar-refractivity contribution is -0.128. The van der Waals surface area contributed by atoms with Gasteiger partial charge in [-0.05, 0) is 31.5 Å². The van der Waals surface area contributed by atoms with Gasteiger partial charge in [0.25, 0.3) is 6.01 Å². The van der Waals surface area contributed by atoms with Crippen LogP contribution in [0, 0.1) is 5.41 Å². The molecule has 0 bridgehead atoms. The summed E-state index contributed by atoms with van der Waals surface area (Å²) in [5, 5.41) is 2.72. The van der Waals surface area contributed by atoms with Crippen molar-refractivity contribution in [3.05, 3.63) is 18.2 Å². The van der Waals surface area contributed by atoms with Crippen LogP contribution in [0.15, 0.2) is 22.6 Å². The number of rotatable bonds is 2. The zero-order valence-corrected chi connectivity index (χ0v) is 11.6. The Hall–Kier alpha value is -2.24. The molecule has 1 aromatic carbocycles. The van der Waals surface area contributed by atoms with Crippen LogP contribution in [-0.2, 0) is 4.79 Å². The number of oxazole rings is 1. The van der Waals surface area contributed by atoms with Gasteiger partial charge in [0.2, 0.25) is 5.91 Å². The fourth-order valence-electron chi connectivity index (χ4n) is 2.68. The molecule has 0 saturated carbocycles. The van der Waals surface area contributed by atoms with Gasteiger partial charge >= 0.3 is 0 Å². The topological polar surface area (TPSA) is 84.4 Å². The minimum atomic E-state index is -0.394. The van der Waals surface area contributed by atoms with Crippen molar-refractivity contribution in [3.63, 3.8) is 0 Å². The number of hydrogen-bond donors (Lipinski definition) is 2. The molecular weight excluding hydrogens is 256 g/mol. The highest BCUT2D eigenvalue weighted by atomic mass is 16.4. The maximum absolute atomic E-state index is 11.9. The predicted octanol–water partition coefficient (Wildman–Crippen LogP) is 1.37. The summed E-state index contributed by atoms with van der Waals surface area (Å²) >= 11 is 0. The Morgan fingerprint density at radius 1 is 1.55 bits per heavy atom. The molecule has 6 heteroatoms. The molecule has 1 amide bonds. The van der Waals surface area contributed by atoms with Crippen LogP contribution in [0.3, 0.4) is 0 Å². The summed E-state index contributed by atoms with van der Waals surface area (Å²) in [6.45, 7) is 3.33. The molecule has 1 aliphatic heterocycles. The van der Waals surface area contributed by atoms with Gasteiger partial charge in [-0.2, -0.15) is 4.98 Å². The number of aromatic nitrogens is 1. The fraction of sp³-hybridized carbons (Fsp3) is 0.429. The summed E-state index contributed by atoms with van der Waals surface area (Å²) in [5.74, 6) is 0.0559. The van der Waals surface area contributed by atoms with Crippen LogP contribution in [-0.4, -0.2) is 31.0 Å². The molecule has 6 nitrogen and oxygen atoms in total. The van der Waals surface area contributed by atoms with E-state index in [1.54, 1.807) is 19.2 Å². The number of amides is 1. The third-order valence-corrected chi connectivity index (χ3v) is 3.92. The van der Waals surface area contributed by atoms with Gasteiger partial charge in [0.05, 0.1) is 5.41 Å². The minimum Gasteiger partial charge on any atom is -0.423 e. The van der Waals surface area contributed by atoms with E-state index in [-0.39, 0.29) is 5.91 Å². The number of anilines is 2. The van der Waals surface area contributed by atoms with Crippen molar-refractivity contribution >= 4 is 28.7 Å². The molecule has 3 N–H and O–H groups in total. The molecule has 106 valence electrons. The lowest BCUT2D eigenvalue weighted by Crippen LogP contribution is -2.39. The largest absolute Gasteiger partial charge is 0.423 e. The first-order valence-electron chi connectivity index (χ1n) is 6.65. The molecule has 0 radical (unpaired) electrons. The lowest BCUT2D eigenvalue weighted by Gasteiger charge is -2.21. The Kier molecular flexibility index (Phi) is 2.81. The van der Waals surface area contributed by atoms with E-state index in [1.807, 2.05) is 17.9 Å². The van der Waals surface area contributed by atoms with Gasteiger partial charge in [0, 0.05) is 25.8 Å². The van der Waals surface area contributed by atoms with Crippen molar-refractivity contribution in [3.8, 4) is 0 Å². The molecule has 1 aliphatic rings. The summed E-state index contributed by atoms with van der Waals surface area (Å²) < 4.78 is 5.74. The Morgan fingerprint density at radius 2 is 2.35 bits per heavy atom. The third-order valence-electron chi connectivity index (χ3n) is 3.92. The van der Waals surface area contributed by atoms with E-state index in [0.717, 1.165) is 18.5 Å². The summed E-state index contributed by atoms with van der Waals surface area (Å²) in [5.41, 5.74) is 7.46. The average molecular weight is 274 g/mol. The molecule has 20 heavy (non-hydrogen) atoms. The van der Waals surface area contributed by atoms with E-state index >= 15 is 0 Å². The van der Waals surface area contributed by atoms with Crippen molar-refractivity contribution in [1.29, 1.82) is 0 Å². The van der Waals surface area contributed by atoms with Gasteiger partial charge in [-0.15, -0.1) is 0 Å². The van der Waals surface area contributed by atoms with Crippen molar-refractivity contribution in [1.82, 2.24) is 10.3 Å². The molecule has 1 unspecified atom stereocenters. The van der Waals surface area contributed by atoms with Crippen LogP contribution in [0.2, 0.25) is 0 Å². The van der Waals surface area contributed by atoms with Gasteiger partial charge in [0.1, 0.15) is 5.52 Å². The normalized spacial score (nSPS) is 22.4. The van der Waals surface area contributed by atoms with E-state index < -0.39 is 5.41 Å². The minimum absolute atomic E-state index is 0.0559. The quantitative estimate of drug-likeness (QED) is 0.808. The second-order valence-corrected chi connectivity index (χ2v) is 5.53. The standard InChI is InChI=1S/C14H18N4O2/c1-14(12(19)16-2)5-6-18(8-14)13-17-10-7-9(15)3-4-11(10)20-13/h3-4,7H,5-6,8,15H2,1-2H3,(H,16,19). The summed E-state index contributed by atoms with van der Waals surface area (Å²) in [4.78, 5) is 18.4. The van der Waals surface area contributed by atoms with Gasteiger partial charge in [-0.1, -0.05) is 0 Å². The van der Waals surface area contributed by atoms with E-state index in [2.05, 4.69) is 10.3 Å². The molecule has 1 atom stereocenters. The molecular formula is C14H18N4O2. The Bertz CT molecular complexity index is 666. The molecule has 2 aromatic rings. The Morgan fingerprint density at radius 3 is 3.10 bits per heavy atom. The number of nitrogens with two attached hydrogens (primary N) is 1. The van der Waals surface area contributed by atoms with E-state index in [4.69, 9.17) is 10.2 Å². The summed E-state index contributed by atoms with van der Waals surface area (Å²) in [6, 6.07) is 5.94. The number of carbonyl (C=O) groups is 1. The van der Waals surface area contributed by atoms with Gasteiger partial charge < -0.3 is 20.4 Å². The van der Waals surface area contributed by atoms with Crippen molar-refractivity contribution < 1.29 is 9.21 Å². The van der Waals surface area contributed by atoms with Crippen molar-refractivity contribution in [2.24, 2.45) is 5.41 Å². The van der Waals surface area contributed by atoms with E-state index in [0.29, 0.717) is 23.8 Å². The number of nitrogen functional groups attached to an aromatic ring is 1. The highest BCUT2D eigenvalue weighted by Crippen LogP contribution is 2.34. The fourth-order valence-corrected chi connectivity index (χ4v) is 2.68. The van der Waals surface area contributed by atoms with Crippen LogP contribution in [0.4, 0.5) is 11.7 Å². The Labute approximate surface area is 116 Å². The molecule has 0 spiro atoms. The lowest BCUT2D eigenvalue weighted by atomic mass is 9.89. The van der Waals surface area contributed by atoms with Crippen LogP contribution in [0.1, 0.15) is 13.3 Å². The monoisotopic (exact) mass is 274 g/mol. The van der Waals surface area contributed by atoms with Crippen LogP contribution >= 0.6 is 0 Å². The Balaban J connectivity index is 1.88. The second kappa shape index (κ2) is 4.40. The molecule has 1 fully saturated rings. The van der Waals surface area contributed by atoms with Crippen LogP contribution in [0.25, 0.3) is 11.1 Å². The number of carbonyl (C=O) groups excluding carboxylic acids is 1. The first-order chi connectivity index (χ1) is 9.51. The summed E-state index contributed by atoms with van der Waals surface area (Å²) in [6.07, 6.45) is 0.785. The molecule has 0 aliphatic carbocycles. The van der Waals surface area contributed by atoms with Crippen LogP contribution in [0.5, 0.6) is 0 Å². The molecule has 1 aromatic heterocycles. The number of nitrogens with one attached hydrogen (secondary N) is 1. The third kappa shape index (κ3) is 1.97. The van der Waals surface area contributed by atoms with E-state index in [9.17, 15) is 4.79 Å². The van der Waals surface area contributed by atoms with Crippen molar-refractivity contribution in [2.45, 2.75) is 13.3 Å². The van der Waals surface area contributed by atoms with Crippen molar-refractivity contribution in [2.75, 3.05) is 30.8 Å². The maximum atomic E-state index is 11.9. The second-order valence-electron chi connectivity index (χ2n) is 5.53. The number of hydrogen-bond acceptors (Lipinski definition) is 5. The van der Waals surface area contributed by atoms with Gasteiger partial charge in [-0.25, -0.2) is 0 Å². The van der Waals surface area contributed by atoms with Gasteiger partial charge in [-0.3, -0.25) is 4.79 Å². The SMILES string of the molecule is CNC(=O)C1(C)CCN(c2nc3cc(N)ccc3o2)C1. The average Bonchev–Trinajstić information content (AvgIpc) is 3.01. The zero-order valence-electron chi connectivity index (χ0n) is 11.6. The predicted molar refractivity (Wildman–Crippen MR) is 77.4 cm³/mol. The zero-order chi connectivity index (χ0) is 14.3. The first kappa shape index (κ1) is 12.8. The highest BCUT2D eigenvalue weighted by Gasteiger charge is 2.41. The van der Waals surface area contributed by atoms with Gasteiger partial charge in [0.15, 0.2) is 5.58 Å². The molecule has 3 rings (SSSR count). The first-order valence-corrected chi connectivity index (χ1v) is 6.65. The summed E-state index contributed by atoms with van der Waals surface area (Å²) in [7, 11) is 1.67. The molecule has 1 saturated heterocycles. The smallest absolute Gasteiger partial charge is 0.298 e.